The van der Waals surface area contributed by atoms with Gasteiger partial charge in [-0.1, -0.05) is 0 Å². The molecule has 0 saturated heterocycles. The zero-order chi connectivity index (χ0) is 63.5. The Bertz CT molecular complexity index is 1280. The number of quaternary nitrogens is 3. The number of aliphatic carboxylic acids is 9. The van der Waals surface area contributed by atoms with E-state index in [-0.39, 0.29) is 0 Å². The minimum atomic E-state index is -4.35. The van der Waals surface area contributed by atoms with Gasteiger partial charge in [0, 0.05) is 0 Å². The van der Waals surface area contributed by atoms with Crippen molar-refractivity contribution in [1.29, 1.82) is 0 Å². The molecule has 24 nitrogen and oxygen atoms in total. The second-order valence-corrected chi connectivity index (χ2v) is 14.5. The molecule has 0 bridgehead atoms. The molecule has 0 aliphatic rings. The largest absolute Gasteiger partial charge is 0.907 e. The molecule has 456 valence electrons. The maximum Gasteiger partial charge on any atom is 0.414 e. The van der Waals surface area contributed by atoms with Gasteiger partial charge in [0.15, 0.2) is 0 Å². The molecule has 0 aromatic rings. The van der Waals surface area contributed by atoms with Crippen LogP contribution >= 0.6 is 0 Å². The molecular weight excluding hydrogens is 1060 g/mol. The number of carbonyl (C=O) groups is 9. The van der Waals surface area contributed by atoms with Crippen molar-refractivity contribution < 1.29 is 157 Å². The molecule has 0 aromatic heterocycles. The fourth-order valence-corrected chi connectivity index (χ4v) is 4.77. The van der Waals surface area contributed by atoms with Crippen molar-refractivity contribution >= 4 is 61.0 Å². The normalized spacial score (nSPS) is 10.4. The Morgan fingerprint density at radius 3 is 0.408 bits per heavy atom. The number of nitrogens with zero attached hydrogens (tertiary/aromatic N) is 3. The zero-order valence-electron chi connectivity index (χ0n) is 45.0. The number of carboxylic acids is 9. The van der Waals surface area contributed by atoms with Crippen LogP contribution in [0.25, 0.3) is 0 Å². The summed E-state index contributed by atoms with van der Waals surface area (Å²) in [5.74, 6) is -15.2. The van der Waals surface area contributed by atoms with Crippen LogP contribution in [0.3, 0.4) is 0 Å². The fourth-order valence-electron chi connectivity index (χ4n) is 4.77. The van der Waals surface area contributed by atoms with E-state index in [2.05, 4.69) is 83.1 Å². The average Bonchev–Trinajstić information content (AvgIpc) is 3.30. The number of hydrogen-bond acceptors (Lipinski definition) is 12. The Morgan fingerprint density at radius 1 is 0.303 bits per heavy atom. The molecule has 0 heterocycles. The van der Waals surface area contributed by atoms with Gasteiger partial charge in [0.1, 0.15) is 0 Å². The van der Waals surface area contributed by atoms with Gasteiger partial charge in [-0.3, -0.25) is 21.7 Å². The highest BCUT2D eigenvalue weighted by Crippen LogP contribution is 2.22. The first-order valence-corrected chi connectivity index (χ1v) is 22.9. The van der Waals surface area contributed by atoms with Crippen LogP contribution in [0, 0.1) is 0 Å². The summed E-state index contributed by atoms with van der Waals surface area (Å²) >= 11 is 0. The second-order valence-electron chi connectivity index (χ2n) is 14.5. The quantitative estimate of drug-likeness (QED) is 0.0411. The van der Waals surface area contributed by atoms with E-state index in [1.54, 1.807) is 0 Å². The molecule has 0 amide bonds. The van der Waals surface area contributed by atoms with Gasteiger partial charge in [-0.2, -0.15) is 39.5 Å². The summed E-state index contributed by atoms with van der Waals surface area (Å²) < 4.78 is 104. The molecule has 0 atom stereocenters. The molecule has 0 rings (SSSR count). The van der Waals surface area contributed by atoms with E-state index in [4.69, 9.17) is 89.8 Å². The van der Waals surface area contributed by atoms with Crippen LogP contribution in [0.15, 0.2) is 0 Å². The van der Waals surface area contributed by atoms with E-state index < -0.39 is 118 Å². The minimum Gasteiger partial charge on any atom is -0.907 e. The summed E-state index contributed by atoms with van der Waals surface area (Å²) in [7, 11) is -2.92. The van der Waals surface area contributed by atoms with Gasteiger partial charge in [0.2, 0.25) is 0 Å². The standard InChI is InChI=1S/3C8H20N.3C4H5F3O2.3C2H2O4.BO3/c3*1-5-9(6-2,7-3)8-4;3*5-4(6,7)2-1-3(8)9;3*3-1(4)2(5)6;2-1(3)4/h3*5-8H2,1-4H3;3*1-2H2,(H,8,9);3*(H,3,4)(H,5,6);/q3*+1;;;;;;;-3. The van der Waals surface area contributed by atoms with Crippen LogP contribution in [0.4, 0.5) is 39.5 Å². The molecule has 0 aromatic carbocycles. The highest BCUT2D eigenvalue weighted by atomic mass is 19.4. The monoisotopic (exact) mass is 1150 g/mol. The molecule has 9 N–H and O–H groups in total. The van der Waals surface area contributed by atoms with E-state index in [1.165, 1.54) is 92.0 Å². The predicted octanol–water partition coefficient (Wildman–Crippen LogP) is 3.41. The van der Waals surface area contributed by atoms with Crippen molar-refractivity contribution in [2.75, 3.05) is 78.5 Å². The first-order valence-electron chi connectivity index (χ1n) is 22.9. The first-order chi connectivity index (χ1) is 34.1. The lowest BCUT2D eigenvalue weighted by molar-refractivity contribution is -0.921. The lowest BCUT2D eigenvalue weighted by atomic mass is 10.3. The molecule has 0 fully saturated rings. The van der Waals surface area contributed by atoms with Gasteiger partial charge < -0.3 is 74.5 Å². The highest BCUT2D eigenvalue weighted by Gasteiger charge is 2.29. The van der Waals surface area contributed by atoms with Crippen LogP contribution in [-0.4, -0.2) is 218 Å². The first kappa shape index (κ1) is 93.0. The number of rotatable bonds is 18. The number of alkyl halides is 9. The molecule has 0 aliphatic carbocycles. The summed E-state index contributed by atoms with van der Waals surface area (Å²) in [6, 6.07) is 0. The Kier molecular flexibility index (Phi) is 64.6. The Labute approximate surface area is 436 Å². The van der Waals surface area contributed by atoms with E-state index in [1.807, 2.05) is 0 Å². The summed E-state index contributed by atoms with van der Waals surface area (Å²) in [5, 5.41) is 92.9. The van der Waals surface area contributed by atoms with E-state index in [0.717, 1.165) is 0 Å². The van der Waals surface area contributed by atoms with Gasteiger partial charge in [0.25, 0.3) is 0 Å². The molecule has 0 spiro atoms. The van der Waals surface area contributed by atoms with Gasteiger partial charge in [-0.05, 0) is 83.1 Å². The van der Waals surface area contributed by atoms with E-state index >= 15 is 0 Å². The van der Waals surface area contributed by atoms with E-state index in [9.17, 15) is 53.9 Å². The van der Waals surface area contributed by atoms with Gasteiger partial charge >= 0.3 is 72.3 Å². The summed E-state index contributed by atoms with van der Waals surface area (Å²) in [6.07, 6.45) is -19.3. The summed E-state index contributed by atoms with van der Waals surface area (Å²) in [6.45, 7) is 42.7. The molecule has 0 saturated carbocycles. The van der Waals surface area contributed by atoms with Crippen molar-refractivity contribution in [2.24, 2.45) is 0 Å². The summed E-state index contributed by atoms with van der Waals surface area (Å²) in [4.78, 5) is 83.2. The van der Waals surface area contributed by atoms with Crippen LogP contribution in [-0.2, 0) is 43.2 Å². The number of carboxylic acid groups (broad SMARTS) is 9. The minimum absolute atomic E-state index is 0.844. The SMILES string of the molecule is CC[N+](CC)(CC)CC.CC[N+](CC)(CC)CC.CC[N+](CC)(CC)CC.O=C(O)C(=O)O.O=C(O)C(=O)O.O=C(O)C(=O)O.O=C(O)CCC(F)(F)F.O=C(O)CCC(F)(F)F.O=C(O)CCC(F)(F)F.[O-]B([O-])[O-]. The predicted molar refractivity (Wildman–Crippen MR) is 248 cm³/mol. The third kappa shape index (κ3) is 85.2. The summed E-state index contributed by atoms with van der Waals surface area (Å²) in [5.41, 5.74) is 0. The van der Waals surface area contributed by atoms with Crippen LogP contribution in [0.5, 0.6) is 0 Å². The lowest BCUT2D eigenvalue weighted by Crippen LogP contribution is -2.56. The van der Waals surface area contributed by atoms with Crippen molar-refractivity contribution in [3.8, 4) is 0 Å². The smallest absolute Gasteiger partial charge is 0.414 e. The zero-order valence-corrected chi connectivity index (χ0v) is 45.0. The van der Waals surface area contributed by atoms with Crippen molar-refractivity contribution in [3.05, 3.63) is 0 Å². The molecule has 0 radical (unpaired) electrons. The van der Waals surface area contributed by atoms with Gasteiger partial charge in [-0.15, -0.1) is 0 Å². The van der Waals surface area contributed by atoms with Gasteiger partial charge in [0.05, 0.1) is 117 Å². The average molecular weight is 1150 g/mol. The van der Waals surface area contributed by atoms with E-state index in [0.29, 0.717) is 0 Å². The number of hydrogen-bond donors (Lipinski definition) is 9. The fraction of sp³-hybridized carbons (Fsp3) is 0.786. The highest BCUT2D eigenvalue weighted by molar-refractivity contribution is 6.28. The van der Waals surface area contributed by atoms with Crippen LogP contribution < -0.4 is 15.1 Å². The second kappa shape index (κ2) is 52.8. The third-order valence-corrected chi connectivity index (χ3v) is 10.5. The van der Waals surface area contributed by atoms with Crippen molar-refractivity contribution in [2.45, 2.75) is 140 Å². The molecule has 0 aliphatic heterocycles. The Balaban J connectivity index is -0.0000000802. The van der Waals surface area contributed by atoms with Crippen LogP contribution in [0.1, 0.15) is 122 Å². The maximum absolute atomic E-state index is 11.2. The van der Waals surface area contributed by atoms with Gasteiger partial charge in [-0.25, -0.2) is 28.8 Å². The Hall–Kier alpha value is -5.58. The topological polar surface area (TPSA) is 405 Å². The maximum atomic E-state index is 11.2. The van der Waals surface area contributed by atoms with Crippen molar-refractivity contribution in [1.82, 2.24) is 0 Å². The third-order valence-electron chi connectivity index (χ3n) is 10.5. The molecule has 34 heteroatoms. The lowest BCUT2D eigenvalue weighted by Gasteiger charge is -2.35. The molecule has 76 heavy (non-hydrogen) atoms. The molecule has 0 unspecified atom stereocenters. The van der Waals surface area contributed by atoms with Crippen molar-refractivity contribution in [3.63, 3.8) is 0 Å². The van der Waals surface area contributed by atoms with Crippen LogP contribution in [0.2, 0.25) is 0 Å². The Morgan fingerprint density at radius 2 is 0.395 bits per heavy atom. The number of halogens is 9. The molecular formula is C42H81BF9N3O21.